The molecule has 2 rings (SSSR count). The van der Waals surface area contributed by atoms with Gasteiger partial charge in [0, 0.05) is 16.4 Å². The average Bonchev–Trinajstić information content (AvgIpc) is 2.37. The number of hydrogen-bond donors (Lipinski definition) is 2. The van der Waals surface area contributed by atoms with Gasteiger partial charge in [-0.3, -0.25) is 4.72 Å². The van der Waals surface area contributed by atoms with Crippen molar-refractivity contribution in [3.63, 3.8) is 0 Å². The molecular formula is C13H14BrN3O2S. The average molecular weight is 356 g/mol. The lowest BCUT2D eigenvalue weighted by molar-refractivity contribution is 0.600. The van der Waals surface area contributed by atoms with Crippen molar-refractivity contribution in [1.82, 2.24) is 4.98 Å². The Bertz CT molecular complexity index is 743. The van der Waals surface area contributed by atoms with Crippen molar-refractivity contribution in [3.8, 4) is 0 Å². The molecule has 7 heteroatoms. The number of sulfonamides is 1. The van der Waals surface area contributed by atoms with Gasteiger partial charge in [-0.2, -0.15) is 0 Å². The van der Waals surface area contributed by atoms with Crippen LogP contribution in [0.5, 0.6) is 0 Å². The highest BCUT2D eigenvalue weighted by molar-refractivity contribution is 9.10. The molecule has 20 heavy (non-hydrogen) atoms. The van der Waals surface area contributed by atoms with Gasteiger partial charge < -0.3 is 5.73 Å². The fraction of sp³-hybridized carbons (Fsp3) is 0.154. The van der Waals surface area contributed by atoms with Gasteiger partial charge >= 0.3 is 0 Å². The van der Waals surface area contributed by atoms with Crippen LogP contribution in [0.3, 0.4) is 0 Å². The lowest BCUT2D eigenvalue weighted by Crippen LogP contribution is -2.17. The third kappa shape index (κ3) is 2.94. The number of nitrogens with two attached hydrogens (primary N) is 1. The molecule has 5 nitrogen and oxygen atoms in total. The molecule has 106 valence electrons. The Kier molecular flexibility index (Phi) is 4.01. The molecule has 0 saturated heterocycles. The molecule has 0 aliphatic heterocycles. The molecule has 2 aromatic rings. The van der Waals surface area contributed by atoms with Gasteiger partial charge in [0.2, 0.25) is 0 Å². The molecule has 0 spiro atoms. The largest absolute Gasteiger partial charge is 0.398 e. The zero-order valence-electron chi connectivity index (χ0n) is 11.0. The summed E-state index contributed by atoms with van der Waals surface area (Å²) in [5.41, 5.74) is 7.41. The van der Waals surface area contributed by atoms with Crippen LogP contribution >= 0.6 is 15.9 Å². The van der Waals surface area contributed by atoms with Gasteiger partial charge in [-0.1, -0.05) is 6.07 Å². The molecule has 0 radical (unpaired) electrons. The first-order valence-corrected chi connectivity index (χ1v) is 8.09. The van der Waals surface area contributed by atoms with Gasteiger partial charge in [-0.15, -0.1) is 0 Å². The SMILES string of the molecule is Cc1ccc(N)c(C)c1S(=O)(=O)Nc1ccc(Br)cn1. The van der Waals surface area contributed by atoms with E-state index in [4.69, 9.17) is 5.73 Å². The Balaban J connectivity index is 2.46. The predicted molar refractivity (Wildman–Crippen MR) is 83.1 cm³/mol. The maximum atomic E-state index is 12.5. The minimum atomic E-state index is -3.72. The summed E-state index contributed by atoms with van der Waals surface area (Å²) >= 11 is 3.25. The molecule has 0 atom stereocenters. The van der Waals surface area contributed by atoms with E-state index in [1.165, 1.54) is 6.20 Å². The number of hydrogen-bond acceptors (Lipinski definition) is 4. The van der Waals surface area contributed by atoms with E-state index in [-0.39, 0.29) is 10.7 Å². The number of halogens is 1. The Labute approximate surface area is 126 Å². The van der Waals surface area contributed by atoms with Crippen molar-refractivity contribution in [2.45, 2.75) is 18.7 Å². The quantitative estimate of drug-likeness (QED) is 0.829. The van der Waals surface area contributed by atoms with Gasteiger partial charge in [0.1, 0.15) is 5.82 Å². The molecule has 0 saturated carbocycles. The van der Waals surface area contributed by atoms with E-state index < -0.39 is 10.0 Å². The van der Waals surface area contributed by atoms with E-state index in [1.807, 2.05) is 0 Å². The number of nitrogen functional groups attached to an aromatic ring is 1. The highest BCUT2D eigenvalue weighted by atomic mass is 79.9. The lowest BCUT2D eigenvalue weighted by atomic mass is 10.1. The zero-order valence-corrected chi connectivity index (χ0v) is 13.4. The number of anilines is 2. The lowest BCUT2D eigenvalue weighted by Gasteiger charge is -2.13. The van der Waals surface area contributed by atoms with Gasteiger partial charge in [0.15, 0.2) is 0 Å². The van der Waals surface area contributed by atoms with E-state index in [1.54, 1.807) is 38.1 Å². The van der Waals surface area contributed by atoms with Crippen molar-refractivity contribution >= 4 is 37.5 Å². The Morgan fingerprint density at radius 3 is 2.50 bits per heavy atom. The second kappa shape index (κ2) is 5.41. The van der Waals surface area contributed by atoms with Crippen LogP contribution in [0.15, 0.2) is 39.8 Å². The first kappa shape index (κ1) is 14.8. The number of aromatic nitrogens is 1. The van der Waals surface area contributed by atoms with Gasteiger partial charge in [-0.05, 0) is 59.1 Å². The third-order valence-electron chi connectivity index (χ3n) is 2.88. The topological polar surface area (TPSA) is 85.1 Å². The van der Waals surface area contributed by atoms with Crippen molar-refractivity contribution < 1.29 is 8.42 Å². The van der Waals surface area contributed by atoms with Gasteiger partial charge in [-0.25, -0.2) is 13.4 Å². The summed E-state index contributed by atoms with van der Waals surface area (Å²) in [5.74, 6) is 0.259. The first-order valence-electron chi connectivity index (χ1n) is 5.81. The smallest absolute Gasteiger partial charge is 0.263 e. The van der Waals surface area contributed by atoms with Gasteiger partial charge in [0.25, 0.3) is 10.0 Å². The predicted octanol–water partition coefficient (Wildman–Crippen LogP) is 2.84. The summed E-state index contributed by atoms with van der Waals surface area (Å²) in [7, 11) is -3.72. The fourth-order valence-electron chi connectivity index (χ4n) is 1.88. The molecule has 0 amide bonds. The number of rotatable bonds is 3. The molecule has 3 N–H and O–H groups in total. The molecule has 1 aromatic heterocycles. The van der Waals surface area contributed by atoms with Crippen LogP contribution in [-0.2, 0) is 10.0 Å². The number of nitrogens with one attached hydrogen (secondary N) is 1. The van der Waals surface area contributed by atoms with E-state index >= 15 is 0 Å². The zero-order chi connectivity index (χ0) is 14.9. The summed E-state index contributed by atoms with van der Waals surface area (Å²) in [6.45, 7) is 3.42. The van der Waals surface area contributed by atoms with Crippen molar-refractivity contribution in [1.29, 1.82) is 0 Å². The number of nitrogens with zero attached hydrogens (tertiary/aromatic N) is 1. The number of benzene rings is 1. The van der Waals surface area contributed by atoms with Crippen LogP contribution < -0.4 is 10.5 Å². The van der Waals surface area contributed by atoms with Crippen LogP contribution in [-0.4, -0.2) is 13.4 Å². The first-order chi connectivity index (χ1) is 9.31. The Morgan fingerprint density at radius 1 is 1.20 bits per heavy atom. The van der Waals surface area contributed by atoms with Crippen molar-refractivity contribution in [3.05, 3.63) is 46.1 Å². The highest BCUT2D eigenvalue weighted by Crippen LogP contribution is 2.26. The molecule has 1 heterocycles. The molecule has 0 fully saturated rings. The summed E-state index contributed by atoms with van der Waals surface area (Å²) in [5, 5.41) is 0. The van der Waals surface area contributed by atoms with E-state index in [0.29, 0.717) is 16.8 Å². The summed E-state index contributed by atoms with van der Waals surface area (Å²) in [6, 6.07) is 6.68. The highest BCUT2D eigenvalue weighted by Gasteiger charge is 2.21. The van der Waals surface area contributed by atoms with Crippen molar-refractivity contribution in [2.75, 3.05) is 10.5 Å². The normalized spacial score (nSPS) is 11.3. The second-order valence-electron chi connectivity index (χ2n) is 4.39. The number of aryl methyl sites for hydroxylation is 1. The molecule has 0 unspecified atom stereocenters. The van der Waals surface area contributed by atoms with E-state index in [9.17, 15) is 8.42 Å². The standard InChI is InChI=1S/C13H14BrN3O2S/c1-8-3-5-11(15)9(2)13(8)20(18,19)17-12-6-4-10(14)7-16-12/h3-7H,15H2,1-2H3,(H,16,17). The maximum absolute atomic E-state index is 12.5. The van der Waals surface area contributed by atoms with Crippen molar-refractivity contribution in [2.24, 2.45) is 0 Å². The van der Waals surface area contributed by atoms with Crippen LogP contribution in [0.1, 0.15) is 11.1 Å². The van der Waals surface area contributed by atoms with Crippen LogP contribution in [0, 0.1) is 13.8 Å². The molecule has 0 aliphatic carbocycles. The maximum Gasteiger partial charge on any atom is 0.263 e. The second-order valence-corrected chi connectivity index (χ2v) is 6.93. The minimum absolute atomic E-state index is 0.196. The van der Waals surface area contributed by atoms with Crippen LogP contribution in [0.4, 0.5) is 11.5 Å². The third-order valence-corrected chi connectivity index (χ3v) is 4.99. The number of pyridine rings is 1. The summed E-state index contributed by atoms with van der Waals surface area (Å²) < 4.78 is 28.2. The molecule has 0 bridgehead atoms. The fourth-order valence-corrected chi connectivity index (χ4v) is 3.63. The van der Waals surface area contributed by atoms with Crippen LogP contribution in [0.2, 0.25) is 0 Å². The van der Waals surface area contributed by atoms with E-state index in [0.717, 1.165) is 4.47 Å². The Hall–Kier alpha value is -1.60. The monoisotopic (exact) mass is 355 g/mol. The molecule has 0 aliphatic rings. The van der Waals surface area contributed by atoms with E-state index in [2.05, 4.69) is 25.6 Å². The Morgan fingerprint density at radius 2 is 1.90 bits per heavy atom. The molecule has 1 aromatic carbocycles. The minimum Gasteiger partial charge on any atom is -0.398 e. The van der Waals surface area contributed by atoms with Gasteiger partial charge in [0.05, 0.1) is 4.90 Å². The summed E-state index contributed by atoms with van der Waals surface area (Å²) in [4.78, 5) is 4.20. The summed E-state index contributed by atoms with van der Waals surface area (Å²) in [6.07, 6.45) is 1.52. The van der Waals surface area contributed by atoms with Crippen LogP contribution in [0.25, 0.3) is 0 Å². The molecular weight excluding hydrogens is 342 g/mol.